The maximum absolute atomic E-state index is 4.62. The van der Waals surface area contributed by atoms with Crippen LogP contribution in [0.3, 0.4) is 0 Å². The summed E-state index contributed by atoms with van der Waals surface area (Å²) < 4.78 is 1.15. The molecule has 0 amide bonds. The summed E-state index contributed by atoms with van der Waals surface area (Å²) in [4.78, 5) is 4.62. The highest BCUT2D eigenvalue weighted by atomic mass is 79.9. The van der Waals surface area contributed by atoms with E-state index >= 15 is 0 Å². The van der Waals surface area contributed by atoms with Gasteiger partial charge in [-0.2, -0.15) is 0 Å². The van der Waals surface area contributed by atoms with Crippen molar-refractivity contribution in [1.82, 2.24) is 10.3 Å². The van der Waals surface area contributed by atoms with E-state index in [1.807, 2.05) is 0 Å². The van der Waals surface area contributed by atoms with E-state index in [0.717, 1.165) is 28.9 Å². The first-order valence-electron chi connectivity index (χ1n) is 7.41. The van der Waals surface area contributed by atoms with Crippen LogP contribution in [0.1, 0.15) is 30.1 Å². The molecule has 4 heteroatoms. The molecule has 0 radical (unpaired) electrons. The first kappa shape index (κ1) is 16.7. The zero-order valence-corrected chi connectivity index (χ0v) is 15.3. The van der Waals surface area contributed by atoms with E-state index < -0.39 is 0 Å². The van der Waals surface area contributed by atoms with Gasteiger partial charge in [-0.05, 0) is 49.9 Å². The molecular weight excluding hydrogens is 344 g/mol. The van der Waals surface area contributed by atoms with Crippen LogP contribution >= 0.6 is 27.3 Å². The fraction of sp³-hybridized carbons (Fsp3) is 0.471. The van der Waals surface area contributed by atoms with Crippen molar-refractivity contribution in [2.45, 2.75) is 39.7 Å². The minimum atomic E-state index is 0.521. The van der Waals surface area contributed by atoms with Crippen LogP contribution in [0.5, 0.6) is 0 Å². The van der Waals surface area contributed by atoms with Crippen LogP contribution in [0.2, 0.25) is 0 Å². The van der Waals surface area contributed by atoms with Crippen LogP contribution in [-0.4, -0.2) is 17.6 Å². The van der Waals surface area contributed by atoms with Crippen molar-refractivity contribution in [2.24, 2.45) is 5.92 Å². The molecule has 1 aromatic carbocycles. The number of rotatable bonds is 7. The molecule has 1 heterocycles. The molecule has 2 nitrogen and oxygen atoms in total. The summed E-state index contributed by atoms with van der Waals surface area (Å²) in [5.41, 5.74) is 2.61. The molecule has 0 fully saturated rings. The van der Waals surface area contributed by atoms with Gasteiger partial charge in [0.05, 0.1) is 10.7 Å². The second-order valence-electron chi connectivity index (χ2n) is 5.83. The number of hydrogen-bond donors (Lipinski definition) is 1. The van der Waals surface area contributed by atoms with Crippen molar-refractivity contribution < 1.29 is 0 Å². The molecule has 2 rings (SSSR count). The molecule has 1 atom stereocenters. The van der Waals surface area contributed by atoms with Crippen molar-refractivity contribution in [1.29, 1.82) is 0 Å². The van der Waals surface area contributed by atoms with Crippen LogP contribution in [0.15, 0.2) is 34.1 Å². The van der Waals surface area contributed by atoms with Crippen LogP contribution in [0, 0.1) is 12.8 Å². The van der Waals surface area contributed by atoms with E-state index in [1.54, 1.807) is 11.3 Å². The molecule has 0 aliphatic rings. The van der Waals surface area contributed by atoms with Gasteiger partial charge in [0.2, 0.25) is 0 Å². The topological polar surface area (TPSA) is 24.9 Å². The Morgan fingerprint density at radius 3 is 2.71 bits per heavy atom. The Bertz CT molecular complexity index is 565. The molecule has 0 saturated heterocycles. The minimum absolute atomic E-state index is 0.521. The Labute approximate surface area is 140 Å². The van der Waals surface area contributed by atoms with E-state index in [9.17, 15) is 0 Å². The lowest BCUT2D eigenvalue weighted by Crippen LogP contribution is -2.31. The Morgan fingerprint density at radius 2 is 2.10 bits per heavy atom. The number of thiazole rings is 1. The zero-order valence-electron chi connectivity index (χ0n) is 12.9. The number of halogens is 1. The van der Waals surface area contributed by atoms with E-state index in [2.05, 4.69) is 76.6 Å². The zero-order chi connectivity index (χ0) is 15.2. The molecule has 1 aromatic heterocycles. The second-order valence-corrected chi connectivity index (χ2v) is 7.80. The number of nitrogens with zero attached hydrogens (tertiary/aromatic N) is 1. The van der Waals surface area contributed by atoms with Crippen molar-refractivity contribution in [3.8, 4) is 0 Å². The maximum atomic E-state index is 4.62. The molecule has 0 aliphatic carbocycles. The van der Waals surface area contributed by atoms with Crippen molar-refractivity contribution >= 4 is 27.3 Å². The van der Waals surface area contributed by atoms with Crippen LogP contribution in [0.25, 0.3) is 0 Å². The van der Waals surface area contributed by atoms with Gasteiger partial charge >= 0.3 is 0 Å². The fourth-order valence-electron chi connectivity index (χ4n) is 2.41. The predicted molar refractivity (Wildman–Crippen MR) is 95.0 cm³/mol. The molecule has 21 heavy (non-hydrogen) atoms. The Hall–Kier alpha value is -0.710. The lowest BCUT2D eigenvalue weighted by molar-refractivity contribution is 0.441. The summed E-state index contributed by atoms with van der Waals surface area (Å²) in [7, 11) is 0. The number of nitrogens with one attached hydrogen (secondary N) is 1. The van der Waals surface area contributed by atoms with Gasteiger partial charge < -0.3 is 5.32 Å². The summed E-state index contributed by atoms with van der Waals surface area (Å²) in [5, 5.41) is 6.92. The van der Waals surface area contributed by atoms with Gasteiger partial charge in [0.1, 0.15) is 0 Å². The van der Waals surface area contributed by atoms with Crippen LogP contribution < -0.4 is 5.32 Å². The smallest absolute Gasteiger partial charge is 0.0897 e. The second kappa shape index (κ2) is 8.06. The molecule has 114 valence electrons. The van der Waals surface area contributed by atoms with Gasteiger partial charge in [0, 0.05) is 15.9 Å². The molecule has 1 N–H and O–H groups in total. The normalized spacial score (nSPS) is 12.8. The molecule has 0 bridgehead atoms. The average Bonchev–Trinajstić information content (AvgIpc) is 2.81. The van der Waals surface area contributed by atoms with Gasteiger partial charge in [0.15, 0.2) is 0 Å². The van der Waals surface area contributed by atoms with Crippen LogP contribution in [-0.2, 0) is 12.8 Å². The lowest BCUT2D eigenvalue weighted by Gasteiger charge is -2.19. The number of aromatic nitrogens is 1. The van der Waals surface area contributed by atoms with Crippen LogP contribution in [0.4, 0.5) is 0 Å². The standard InChI is InChI=1S/C17H23BrN2S/c1-12(2)19-10-15(9-17-11-21-13(3)20-17)7-14-5-4-6-16(18)8-14/h4-6,8,11-12,15,19H,7,9-10H2,1-3H3. The maximum Gasteiger partial charge on any atom is 0.0897 e. The van der Waals surface area contributed by atoms with E-state index in [-0.39, 0.29) is 0 Å². The number of hydrogen-bond acceptors (Lipinski definition) is 3. The highest BCUT2D eigenvalue weighted by Gasteiger charge is 2.13. The van der Waals surface area contributed by atoms with Gasteiger partial charge in [-0.15, -0.1) is 11.3 Å². The first-order chi connectivity index (χ1) is 10.0. The summed E-state index contributed by atoms with van der Waals surface area (Å²) in [6.07, 6.45) is 2.12. The summed E-state index contributed by atoms with van der Waals surface area (Å²) in [6, 6.07) is 9.13. The Balaban J connectivity index is 2.04. The number of aryl methyl sites for hydroxylation is 1. The Morgan fingerprint density at radius 1 is 1.29 bits per heavy atom. The van der Waals surface area contributed by atoms with E-state index in [4.69, 9.17) is 0 Å². The predicted octanol–water partition coefficient (Wildman–Crippen LogP) is 4.61. The molecular formula is C17H23BrN2S. The van der Waals surface area contributed by atoms with Gasteiger partial charge in [0.25, 0.3) is 0 Å². The highest BCUT2D eigenvalue weighted by molar-refractivity contribution is 9.10. The highest BCUT2D eigenvalue weighted by Crippen LogP contribution is 2.19. The van der Waals surface area contributed by atoms with Gasteiger partial charge in [-0.1, -0.05) is 41.9 Å². The number of benzene rings is 1. The monoisotopic (exact) mass is 366 g/mol. The van der Waals surface area contributed by atoms with Gasteiger partial charge in [-0.25, -0.2) is 4.98 Å². The van der Waals surface area contributed by atoms with Crippen molar-refractivity contribution in [3.05, 3.63) is 50.4 Å². The molecule has 0 spiro atoms. The van der Waals surface area contributed by atoms with E-state index in [1.165, 1.54) is 11.3 Å². The summed E-state index contributed by atoms with van der Waals surface area (Å²) in [6.45, 7) is 7.50. The van der Waals surface area contributed by atoms with Crippen molar-refractivity contribution in [2.75, 3.05) is 6.54 Å². The molecule has 2 aromatic rings. The first-order valence-corrected chi connectivity index (χ1v) is 9.09. The van der Waals surface area contributed by atoms with Gasteiger partial charge in [-0.3, -0.25) is 0 Å². The summed E-state index contributed by atoms with van der Waals surface area (Å²) in [5.74, 6) is 0.572. The van der Waals surface area contributed by atoms with E-state index in [0.29, 0.717) is 12.0 Å². The third-order valence-electron chi connectivity index (χ3n) is 3.39. The molecule has 0 aliphatic heterocycles. The molecule has 0 saturated carbocycles. The Kier molecular flexibility index (Phi) is 6.40. The largest absolute Gasteiger partial charge is 0.314 e. The lowest BCUT2D eigenvalue weighted by atomic mass is 9.94. The minimum Gasteiger partial charge on any atom is -0.314 e. The fourth-order valence-corrected chi connectivity index (χ4v) is 3.49. The van der Waals surface area contributed by atoms with Crippen molar-refractivity contribution in [3.63, 3.8) is 0 Å². The third kappa shape index (κ3) is 5.89. The molecule has 1 unspecified atom stereocenters. The SMILES string of the molecule is Cc1nc(CC(CNC(C)C)Cc2cccc(Br)c2)cs1. The third-order valence-corrected chi connectivity index (χ3v) is 4.71. The average molecular weight is 367 g/mol. The quantitative estimate of drug-likeness (QED) is 0.773. The summed E-state index contributed by atoms with van der Waals surface area (Å²) >= 11 is 5.30.